The van der Waals surface area contributed by atoms with Gasteiger partial charge in [0.05, 0.1) is 6.42 Å². The van der Waals surface area contributed by atoms with E-state index in [2.05, 4.69) is 10.6 Å². The molecule has 1 fully saturated rings. The van der Waals surface area contributed by atoms with Crippen molar-refractivity contribution in [2.24, 2.45) is 5.92 Å². The molecule has 0 aromatic carbocycles. The molecule has 1 aliphatic rings. The Hall–Kier alpha value is -0.490. The molecule has 0 bridgehead atoms. The number of hydrogen-bond donors (Lipinski definition) is 2. The molecule has 1 saturated heterocycles. The zero-order valence-electron chi connectivity index (χ0n) is 10.2. The van der Waals surface area contributed by atoms with Gasteiger partial charge in [-0.2, -0.15) is 13.2 Å². The number of carbonyl (C=O) groups is 1. The Balaban J connectivity index is 0.00000289. The highest BCUT2D eigenvalue weighted by Gasteiger charge is 2.27. The third-order valence-electron chi connectivity index (χ3n) is 2.91. The molecule has 0 aliphatic carbocycles. The average molecular weight is 289 g/mol. The summed E-state index contributed by atoms with van der Waals surface area (Å²) in [5.74, 6) is 0.0257. The van der Waals surface area contributed by atoms with Crippen LogP contribution in [0, 0.1) is 5.92 Å². The summed E-state index contributed by atoms with van der Waals surface area (Å²) < 4.78 is 35.5. The molecule has 0 saturated carbocycles. The van der Waals surface area contributed by atoms with Gasteiger partial charge in [0.1, 0.15) is 0 Å². The predicted octanol–water partition coefficient (Wildman–Crippen LogP) is 2.26. The number of halogens is 4. The fourth-order valence-electron chi connectivity index (χ4n) is 1.93. The van der Waals surface area contributed by atoms with Gasteiger partial charge in [0, 0.05) is 13.0 Å². The third-order valence-corrected chi connectivity index (χ3v) is 2.91. The lowest BCUT2D eigenvalue weighted by molar-refractivity contribution is -0.144. The van der Waals surface area contributed by atoms with E-state index in [1.807, 2.05) is 0 Å². The first-order chi connectivity index (χ1) is 7.97. The monoisotopic (exact) mass is 288 g/mol. The highest BCUT2D eigenvalue weighted by molar-refractivity contribution is 5.85. The fourth-order valence-corrected chi connectivity index (χ4v) is 1.93. The van der Waals surface area contributed by atoms with Crippen LogP contribution >= 0.6 is 12.4 Å². The van der Waals surface area contributed by atoms with Crippen LogP contribution < -0.4 is 10.6 Å². The van der Waals surface area contributed by atoms with Crippen LogP contribution in [0.3, 0.4) is 0 Å². The number of carbonyl (C=O) groups excluding carboxylic acids is 1. The van der Waals surface area contributed by atoms with Gasteiger partial charge in [-0.3, -0.25) is 4.79 Å². The highest BCUT2D eigenvalue weighted by atomic mass is 35.5. The molecule has 0 radical (unpaired) electrons. The molecule has 108 valence electrons. The van der Waals surface area contributed by atoms with Crippen molar-refractivity contribution in [3.8, 4) is 0 Å². The van der Waals surface area contributed by atoms with E-state index >= 15 is 0 Å². The molecule has 1 atom stereocenters. The van der Waals surface area contributed by atoms with Crippen molar-refractivity contribution in [3.63, 3.8) is 0 Å². The van der Waals surface area contributed by atoms with Crippen LogP contribution in [0.25, 0.3) is 0 Å². The third kappa shape index (κ3) is 8.58. The zero-order chi connectivity index (χ0) is 12.7. The second kappa shape index (κ2) is 8.58. The van der Waals surface area contributed by atoms with E-state index in [9.17, 15) is 18.0 Å². The molecule has 1 heterocycles. The largest absolute Gasteiger partial charge is 0.389 e. The van der Waals surface area contributed by atoms with E-state index in [0.29, 0.717) is 12.5 Å². The van der Waals surface area contributed by atoms with Crippen molar-refractivity contribution >= 4 is 18.3 Å². The molecule has 7 heteroatoms. The van der Waals surface area contributed by atoms with Crippen LogP contribution in [-0.4, -0.2) is 31.7 Å². The molecular weight excluding hydrogens is 269 g/mol. The number of rotatable bonds is 5. The summed E-state index contributed by atoms with van der Waals surface area (Å²) in [7, 11) is 0. The second-order valence-electron chi connectivity index (χ2n) is 4.47. The van der Waals surface area contributed by atoms with Crippen LogP contribution in [0.15, 0.2) is 0 Å². The van der Waals surface area contributed by atoms with Gasteiger partial charge in [0.15, 0.2) is 0 Å². The van der Waals surface area contributed by atoms with E-state index in [4.69, 9.17) is 0 Å². The standard InChI is InChI=1S/C11H19F3N2O.ClH/c12-11(13,14)5-3-10(17)16-7-4-9-2-1-6-15-8-9;/h9,15H,1-8H2,(H,16,17);1H. The molecule has 0 aromatic heterocycles. The van der Waals surface area contributed by atoms with E-state index < -0.39 is 24.9 Å². The molecule has 0 spiro atoms. The van der Waals surface area contributed by atoms with E-state index in [0.717, 1.165) is 32.4 Å². The fraction of sp³-hybridized carbons (Fsp3) is 0.909. The Kier molecular flexibility index (Phi) is 8.35. The molecular formula is C11H20ClF3N2O. The number of alkyl halides is 3. The van der Waals surface area contributed by atoms with Crippen LogP contribution in [0.4, 0.5) is 13.2 Å². The predicted molar refractivity (Wildman–Crippen MR) is 65.8 cm³/mol. The maximum absolute atomic E-state index is 11.8. The first-order valence-corrected chi connectivity index (χ1v) is 6.01. The minimum atomic E-state index is -4.25. The molecule has 1 aliphatic heterocycles. The minimum absolute atomic E-state index is 0. The Morgan fingerprint density at radius 3 is 2.67 bits per heavy atom. The SMILES string of the molecule is Cl.O=C(CCC(F)(F)F)NCCC1CCCNC1. The van der Waals surface area contributed by atoms with Gasteiger partial charge < -0.3 is 10.6 Å². The highest BCUT2D eigenvalue weighted by Crippen LogP contribution is 2.21. The van der Waals surface area contributed by atoms with Gasteiger partial charge in [0.2, 0.25) is 5.91 Å². The second-order valence-corrected chi connectivity index (χ2v) is 4.47. The van der Waals surface area contributed by atoms with Crippen molar-refractivity contribution in [3.05, 3.63) is 0 Å². The summed E-state index contributed by atoms with van der Waals surface area (Å²) in [5.41, 5.74) is 0. The molecule has 1 rings (SSSR count). The molecule has 2 N–H and O–H groups in total. The summed E-state index contributed by atoms with van der Waals surface area (Å²) in [6, 6.07) is 0. The smallest absolute Gasteiger partial charge is 0.356 e. The summed E-state index contributed by atoms with van der Waals surface area (Å²) in [6.07, 6.45) is -2.65. The normalized spacial score (nSPS) is 20.1. The van der Waals surface area contributed by atoms with Crippen LogP contribution in [0.1, 0.15) is 32.1 Å². The minimum Gasteiger partial charge on any atom is -0.356 e. The number of nitrogens with one attached hydrogen (secondary N) is 2. The summed E-state index contributed by atoms with van der Waals surface area (Å²) in [5, 5.41) is 5.79. The Morgan fingerprint density at radius 1 is 1.39 bits per heavy atom. The number of amides is 1. The van der Waals surface area contributed by atoms with E-state index in [1.54, 1.807) is 0 Å². The summed E-state index contributed by atoms with van der Waals surface area (Å²) in [6.45, 7) is 2.45. The molecule has 1 amide bonds. The van der Waals surface area contributed by atoms with Gasteiger partial charge in [-0.15, -0.1) is 12.4 Å². The molecule has 0 aromatic rings. The van der Waals surface area contributed by atoms with Gasteiger partial charge >= 0.3 is 6.18 Å². The number of hydrogen-bond acceptors (Lipinski definition) is 2. The summed E-state index contributed by atoms with van der Waals surface area (Å²) in [4.78, 5) is 11.1. The molecule has 1 unspecified atom stereocenters. The maximum atomic E-state index is 11.8. The maximum Gasteiger partial charge on any atom is 0.389 e. The van der Waals surface area contributed by atoms with Gasteiger partial charge in [-0.1, -0.05) is 0 Å². The lowest BCUT2D eigenvalue weighted by atomic mass is 9.96. The lowest BCUT2D eigenvalue weighted by Gasteiger charge is -2.22. The van der Waals surface area contributed by atoms with Crippen molar-refractivity contribution in [1.29, 1.82) is 0 Å². The van der Waals surface area contributed by atoms with Crippen molar-refractivity contribution in [1.82, 2.24) is 10.6 Å². The Morgan fingerprint density at radius 2 is 2.11 bits per heavy atom. The van der Waals surface area contributed by atoms with Gasteiger partial charge in [0.25, 0.3) is 0 Å². The van der Waals surface area contributed by atoms with E-state index in [1.165, 1.54) is 0 Å². The van der Waals surface area contributed by atoms with Crippen molar-refractivity contribution in [2.45, 2.75) is 38.3 Å². The average Bonchev–Trinajstić information content (AvgIpc) is 2.27. The summed E-state index contributed by atoms with van der Waals surface area (Å²) >= 11 is 0. The zero-order valence-corrected chi connectivity index (χ0v) is 11.0. The van der Waals surface area contributed by atoms with E-state index in [-0.39, 0.29) is 12.4 Å². The van der Waals surface area contributed by atoms with Gasteiger partial charge in [-0.05, 0) is 38.3 Å². The quantitative estimate of drug-likeness (QED) is 0.815. The topological polar surface area (TPSA) is 41.1 Å². The first-order valence-electron chi connectivity index (χ1n) is 6.01. The van der Waals surface area contributed by atoms with Crippen LogP contribution in [-0.2, 0) is 4.79 Å². The van der Waals surface area contributed by atoms with Crippen LogP contribution in [0.2, 0.25) is 0 Å². The Labute approximate surface area is 111 Å². The van der Waals surface area contributed by atoms with Crippen molar-refractivity contribution < 1.29 is 18.0 Å². The lowest BCUT2D eigenvalue weighted by Crippen LogP contribution is -2.33. The number of piperidine rings is 1. The first kappa shape index (κ1) is 17.5. The Bertz CT molecular complexity index is 243. The van der Waals surface area contributed by atoms with Crippen molar-refractivity contribution in [2.75, 3.05) is 19.6 Å². The molecule has 18 heavy (non-hydrogen) atoms. The molecule has 3 nitrogen and oxygen atoms in total. The van der Waals surface area contributed by atoms with Crippen LogP contribution in [0.5, 0.6) is 0 Å². The van der Waals surface area contributed by atoms with Gasteiger partial charge in [-0.25, -0.2) is 0 Å².